The van der Waals surface area contributed by atoms with E-state index >= 15 is 0 Å². The van der Waals surface area contributed by atoms with Crippen molar-refractivity contribution in [3.63, 3.8) is 0 Å². The van der Waals surface area contributed by atoms with Crippen LogP contribution in [0.1, 0.15) is 10.4 Å². The number of carbonyl (C=O) groups is 1. The Morgan fingerprint density at radius 2 is 2.25 bits per heavy atom. The number of carbonyl (C=O) groups excluding carboxylic acids is 1. The first kappa shape index (κ1) is 9.80. The van der Waals surface area contributed by atoms with Crippen LogP contribution in [-0.4, -0.2) is 13.0 Å². The first-order chi connectivity index (χ1) is 5.66. The van der Waals surface area contributed by atoms with Crippen LogP contribution in [0.2, 0.25) is 5.02 Å². The lowest BCUT2D eigenvalue weighted by atomic mass is 10.2. The van der Waals surface area contributed by atoms with Crippen molar-refractivity contribution < 1.29 is 4.79 Å². The molecule has 0 saturated heterocycles. The second-order valence-electron chi connectivity index (χ2n) is 2.18. The number of hydrogen-bond acceptors (Lipinski definition) is 1. The van der Waals surface area contributed by atoms with Crippen molar-refractivity contribution in [2.45, 2.75) is 0 Å². The number of benzene rings is 1. The Labute approximate surface area is 89.4 Å². The van der Waals surface area contributed by atoms with E-state index in [1.54, 1.807) is 13.1 Å². The average Bonchev–Trinajstić information content (AvgIpc) is 2.03. The topological polar surface area (TPSA) is 29.1 Å². The third-order valence-electron chi connectivity index (χ3n) is 1.42. The van der Waals surface area contributed by atoms with Gasteiger partial charge in [-0.05, 0) is 34.7 Å². The molecule has 1 rings (SSSR count). The quantitative estimate of drug-likeness (QED) is 0.792. The zero-order valence-electron chi connectivity index (χ0n) is 6.40. The Hall–Kier alpha value is -0.290. The van der Waals surface area contributed by atoms with Gasteiger partial charge in [0.05, 0.1) is 10.6 Å². The second kappa shape index (κ2) is 4.09. The van der Waals surface area contributed by atoms with Crippen molar-refractivity contribution in [1.82, 2.24) is 5.32 Å². The molecule has 1 aromatic rings. The van der Waals surface area contributed by atoms with E-state index in [2.05, 4.69) is 27.9 Å². The molecule has 4 heteroatoms. The van der Waals surface area contributed by atoms with Gasteiger partial charge in [0.1, 0.15) is 0 Å². The summed E-state index contributed by atoms with van der Waals surface area (Å²) in [6.07, 6.45) is 0. The normalized spacial score (nSPS) is 9.58. The molecule has 1 amide bonds. The lowest BCUT2D eigenvalue weighted by molar-refractivity contribution is 0.0962. The highest BCUT2D eigenvalue weighted by Crippen LogP contribution is 2.20. The van der Waals surface area contributed by atoms with Crippen LogP contribution >= 0.6 is 34.2 Å². The minimum Gasteiger partial charge on any atom is -0.355 e. The van der Waals surface area contributed by atoms with E-state index in [4.69, 9.17) is 11.6 Å². The average molecular weight is 296 g/mol. The Kier molecular flexibility index (Phi) is 3.34. The largest absolute Gasteiger partial charge is 0.355 e. The molecule has 0 bridgehead atoms. The third-order valence-corrected chi connectivity index (χ3v) is 2.63. The van der Waals surface area contributed by atoms with Gasteiger partial charge >= 0.3 is 0 Å². The fourth-order valence-electron chi connectivity index (χ4n) is 0.840. The fraction of sp³-hybridized carbons (Fsp3) is 0.125. The van der Waals surface area contributed by atoms with Gasteiger partial charge < -0.3 is 5.32 Å². The number of halogens is 2. The molecule has 0 unspecified atom stereocenters. The molecule has 0 radical (unpaired) electrons. The van der Waals surface area contributed by atoms with Crippen molar-refractivity contribution in [3.8, 4) is 0 Å². The van der Waals surface area contributed by atoms with Gasteiger partial charge in [0, 0.05) is 10.6 Å². The molecule has 0 aliphatic carbocycles. The summed E-state index contributed by atoms with van der Waals surface area (Å²) in [5.41, 5.74) is 0.544. The predicted octanol–water partition coefficient (Wildman–Crippen LogP) is 2.30. The molecule has 1 aromatic carbocycles. The van der Waals surface area contributed by atoms with Crippen LogP contribution in [0.15, 0.2) is 18.2 Å². The summed E-state index contributed by atoms with van der Waals surface area (Å²) >= 11 is 7.92. The molecular weight excluding hydrogens is 288 g/mol. The molecular formula is C8H7ClINO. The van der Waals surface area contributed by atoms with Crippen molar-refractivity contribution in [3.05, 3.63) is 32.4 Å². The molecule has 1 N–H and O–H groups in total. The van der Waals surface area contributed by atoms with Gasteiger partial charge in [-0.2, -0.15) is 0 Å². The summed E-state index contributed by atoms with van der Waals surface area (Å²) in [5, 5.41) is 3.02. The molecule has 0 fully saturated rings. The molecule has 0 heterocycles. The zero-order valence-corrected chi connectivity index (χ0v) is 9.31. The zero-order chi connectivity index (χ0) is 9.14. The van der Waals surface area contributed by atoms with E-state index in [-0.39, 0.29) is 5.91 Å². The third kappa shape index (κ3) is 1.90. The minimum absolute atomic E-state index is 0.148. The number of amides is 1. The SMILES string of the molecule is CNC(=O)c1c(Cl)cccc1I. The van der Waals surface area contributed by atoms with Crippen LogP contribution in [0.4, 0.5) is 0 Å². The molecule has 0 atom stereocenters. The Morgan fingerprint density at radius 3 is 2.75 bits per heavy atom. The highest BCUT2D eigenvalue weighted by molar-refractivity contribution is 14.1. The predicted molar refractivity (Wildman–Crippen MR) is 57.6 cm³/mol. The highest BCUT2D eigenvalue weighted by atomic mass is 127. The Bertz CT molecular complexity index is 294. The Balaban J connectivity index is 3.21. The molecule has 0 spiro atoms. The smallest absolute Gasteiger partial charge is 0.253 e. The maximum atomic E-state index is 11.3. The number of rotatable bonds is 1. The lowest BCUT2D eigenvalue weighted by Crippen LogP contribution is -2.19. The van der Waals surface area contributed by atoms with E-state index in [9.17, 15) is 4.79 Å². The summed E-state index contributed by atoms with van der Waals surface area (Å²) < 4.78 is 0.861. The van der Waals surface area contributed by atoms with Crippen LogP contribution in [0.5, 0.6) is 0 Å². The van der Waals surface area contributed by atoms with Crippen LogP contribution in [-0.2, 0) is 0 Å². The summed E-state index contributed by atoms with van der Waals surface area (Å²) in [6.45, 7) is 0. The van der Waals surface area contributed by atoms with Gasteiger partial charge in [-0.25, -0.2) is 0 Å². The number of hydrogen-bond donors (Lipinski definition) is 1. The van der Waals surface area contributed by atoms with Gasteiger partial charge in [-0.1, -0.05) is 17.7 Å². The van der Waals surface area contributed by atoms with Crippen LogP contribution in [0, 0.1) is 3.57 Å². The minimum atomic E-state index is -0.148. The van der Waals surface area contributed by atoms with Gasteiger partial charge in [-0.3, -0.25) is 4.79 Å². The van der Waals surface area contributed by atoms with E-state index in [0.29, 0.717) is 10.6 Å². The van der Waals surface area contributed by atoms with Gasteiger partial charge in [-0.15, -0.1) is 0 Å². The van der Waals surface area contributed by atoms with E-state index in [1.165, 1.54) is 0 Å². The van der Waals surface area contributed by atoms with Crippen LogP contribution in [0.25, 0.3) is 0 Å². The molecule has 64 valence electrons. The summed E-state index contributed by atoms with van der Waals surface area (Å²) in [5.74, 6) is -0.148. The standard InChI is InChI=1S/C8H7ClINO/c1-11-8(12)7-5(9)3-2-4-6(7)10/h2-4H,1H3,(H,11,12). The van der Waals surface area contributed by atoms with Gasteiger partial charge in [0.2, 0.25) is 0 Å². The van der Waals surface area contributed by atoms with E-state index in [1.807, 2.05) is 12.1 Å². The molecule has 2 nitrogen and oxygen atoms in total. The Morgan fingerprint density at radius 1 is 1.58 bits per heavy atom. The maximum Gasteiger partial charge on any atom is 0.253 e. The molecule has 0 saturated carbocycles. The van der Waals surface area contributed by atoms with E-state index in [0.717, 1.165) is 3.57 Å². The van der Waals surface area contributed by atoms with Gasteiger partial charge in [0.25, 0.3) is 5.91 Å². The van der Waals surface area contributed by atoms with Crippen molar-refractivity contribution >= 4 is 40.1 Å². The van der Waals surface area contributed by atoms with Gasteiger partial charge in [0.15, 0.2) is 0 Å². The van der Waals surface area contributed by atoms with E-state index < -0.39 is 0 Å². The molecule has 12 heavy (non-hydrogen) atoms. The van der Waals surface area contributed by atoms with Crippen molar-refractivity contribution in [2.75, 3.05) is 7.05 Å². The molecule has 0 aliphatic heterocycles. The lowest BCUT2D eigenvalue weighted by Gasteiger charge is -2.04. The monoisotopic (exact) mass is 295 g/mol. The van der Waals surface area contributed by atoms with Crippen molar-refractivity contribution in [2.24, 2.45) is 0 Å². The summed E-state index contributed by atoms with van der Waals surface area (Å²) in [4.78, 5) is 11.3. The van der Waals surface area contributed by atoms with Crippen LogP contribution in [0.3, 0.4) is 0 Å². The highest BCUT2D eigenvalue weighted by Gasteiger charge is 2.11. The maximum absolute atomic E-state index is 11.3. The molecule has 0 aromatic heterocycles. The summed E-state index contributed by atoms with van der Waals surface area (Å²) in [7, 11) is 1.59. The molecule has 0 aliphatic rings. The first-order valence-corrected chi connectivity index (χ1v) is 4.78. The number of nitrogens with one attached hydrogen (secondary N) is 1. The van der Waals surface area contributed by atoms with Crippen LogP contribution < -0.4 is 5.32 Å². The fourth-order valence-corrected chi connectivity index (χ4v) is 2.00. The van der Waals surface area contributed by atoms with Crippen molar-refractivity contribution in [1.29, 1.82) is 0 Å². The second-order valence-corrected chi connectivity index (χ2v) is 3.75. The first-order valence-electron chi connectivity index (χ1n) is 3.33. The summed E-state index contributed by atoms with van der Waals surface area (Å²) in [6, 6.07) is 5.36.